The molecule has 3 heterocycles. The molecule has 3 fully saturated rings. The molecule has 0 radical (unpaired) electrons. The van der Waals surface area contributed by atoms with Crippen LogP contribution in [0.3, 0.4) is 0 Å². The maximum absolute atomic E-state index is 13.1. The molecule has 3 aliphatic heterocycles. The number of rotatable bonds is 3. The summed E-state index contributed by atoms with van der Waals surface area (Å²) < 4.78 is 38.9. The van der Waals surface area contributed by atoms with Crippen molar-refractivity contribution in [1.29, 1.82) is 0 Å². The van der Waals surface area contributed by atoms with E-state index < -0.39 is 22.4 Å². The van der Waals surface area contributed by atoms with E-state index in [0.29, 0.717) is 58.2 Å². The molecule has 35 heavy (non-hydrogen) atoms. The number of hydrogen-bond acceptors (Lipinski definition) is 5. The van der Waals surface area contributed by atoms with Crippen LogP contribution in [0.15, 0.2) is 18.2 Å². The van der Waals surface area contributed by atoms with Gasteiger partial charge in [-0.2, -0.15) is 13.2 Å². The predicted molar refractivity (Wildman–Crippen MR) is 122 cm³/mol. The van der Waals surface area contributed by atoms with Gasteiger partial charge in [0, 0.05) is 64.3 Å². The molecule has 0 aliphatic carbocycles. The maximum Gasteiger partial charge on any atom is 0.416 e. The zero-order chi connectivity index (χ0) is 25.2. The summed E-state index contributed by atoms with van der Waals surface area (Å²) in [5.41, 5.74) is -1.51. The van der Waals surface area contributed by atoms with E-state index in [1.807, 2.05) is 4.90 Å². The van der Waals surface area contributed by atoms with Crippen LogP contribution in [0, 0.1) is 16.0 Å². The zero-order valence-corrected chi connectivity index (χ0v) is 19.5. The van der Waals surface area contributed by atoms with E-state index in [2.05, 4.69) is 0 Å². The molecule has 0 unspecified atom stereocenters. The number of nitro benzene ring substituents is 1. The van der Waals surface area contributed by atoms with Crippen LogP contribution in [0.2, 0.25) is 0 Å². The summed E-state index contributed by atoms with van der Waals surface area (Å²) in [6.07, 6.45) is -0.535. The second-order valence-corrected chi connectivity index (χ2v) is 9.36. The molecular weight excluding hydrogens is 467 g/mol. The number of halogens is 3. The van der Waals surface area contributed by atoms with Gasteiger partial charge in [-0.15, -0.1) is 0 Å². The van der Waals surface area contributed by atoms with Gasteiger partial charge >= 0.3 is 12.2 Å². The fourth-order valence-corrected chi connectivity index (χ4v) is 5.14. The summed E-state index contributed by atoms with van der Waals surface area (Å²) in [4.78, 5) is 43.5. The summed E-state index contributed by atoms with van der Waals surface area (Å²) in [6.45, 7) is 4.20. The number of hydrogen-bond donors (Lipinski definition) is 0. The molecule has 0 aromatic heterocycles. The fraction of sp³-hybridized carbons (Fsp3) is 0.652. The van der Waals surface area contributed by atoms with Crippen molar-refractivity contribution in [2.24, 2.45) is 5.92 Å². The quantitative estimate of drug-likeness (QED) is 0.470. The standard InChI is InChI=1S/C23H30F3N5O4/c24-23(25,26)18-4-5-19(20(16-18)31(34)35)27-10-6-17(7-11-27)21(32)28-12-14-30(15-13-28)22(33)29-8-2-1-3-9-29/h4-5,16-17H,1-3,6-15H2. The highest BCUT2D eigenvalue weighted by molar-refractivity contribution is 5.80. The lowest BCUT2D eigenvalue weighted by molar-refractivity contribution is -0.384. The molecule has 192 valence electrons. The number of alkyl halides is 3. The summed E-state index contributed by atoms with van der Waals surface area (Å²) in [6, 6.07) is 2.60. The van der Waals surface area contributed by atoms with E-state index >= 15 is 0 Å². The van der Waals surface area contributed by atoms with Gasteiger partial charge < -0.3 is 19.6 Å². The van der Waals surface area contributed by atoms with Gasteiger partial charge in [0.15, 0.2) is 0 Å². The second-order valence-electron chi connectivity index (χ2n) is 9.36. The van der Waals surface area contributed by atoms with Crippen molar-refractivity contribution >= 4 is 23.3 Å². The van der Waals surface area contributed by atoms with Crippen molar-refractivity contribution in [2.75, 3.05) is 57.3 Å². The molecule has 1 aromatic carbocycles. The third-order valence-electron chi connectivity index (χ3n) is 7.17. The highest BCUT2D eigenvalue weighted by atomic mass is 19.4. The number of piperazine rings is 1. The van der Waals surface area contributed by atoms with Crippen molar-refractivity contribution in [3.63, 3.8) is 0 Å². The van der Waals surface area contributed by atoms with E-state index in [0.717, 1.165) is 44.5 Å². The first-order valence-electron chi connectivity index (χ1n) is 12.1. The number of benzene rings is 1. The third-order valence-corrected chi connectivity index (χ3v) is 7.17. The number of carbonyl (C=O) groups excluding carboxylic acids is 2. The maximum atomic E-state index is 13.1. The number of amides is 3. The Morgan fingerprint density at radius 1 is 0.857 bits per heavy atom. The molecule has 0 bridgehead atoms. The highest BCUT2D eigenvalue weighted by Crippen LogP contribution is 2.38. The zero-order valence-electron chi connectivity index (χ0n) is 19.5. The Balaban J connectivity index is 1.31. The number of carbonyl (C=O) groups is 2. The first kappa shape index (κ1) is 25.1. The molecular formula is C23H30F3N5O4. The minimum atomic E-state index is -4.66. The lowest BCUT2D eigenvalue weighted by atomic mass is 9.94. The SMILES string of the molecule is O=C(C1CCN(c2ccc(C(F)(F)F)cc2[N+](=O)[O-])CC1)N1CCN(C(=O)N2CCCCC2)CC1. The fourth-order valence-electron chi connectivity index (χ4n) is 5.14. The van der Waals surface area contributed by atoms with Gasteiger partial charge in [0.1, 0.15) is 5.69 Å². The average Bonchev–Trinajstić information content (AvgIpc) is 2.87. The number of nitro groups is 1. The van der Waals surface area contributed by atoms with Gasteiger partial charge in [0.05, 0.1) is 10.5 Å². The van der Waals surface area contributed by atoms with Gasteiger partial charge in [-0.1, -0.05) is 0 Å². The van der Waals surface area contributed by atoms with Crippen LogP contribution in [-0.2, 0) is 11.0 Å². The average molecular weight is 498 g/mol. The molecule has 1 aromatic rings. The van der Waals surface area contributed by atoms with Gasteiger partial charge in [-0.3, -0.25) is 14.9 Å². The molecule has 0 saturated carbocycles. The molecule has 0 spiro atoms. The van der Waals surface area contributed by atoms with Crippen LogP contribution >= 0.6 is 0 Å². The Morgan fingerprint density at radius 2 is 1.43 bits per heavy atom. The molecule has 3 amide bonds. The number of urea groups is 1. The van der Waals surface area contributed by atoms with Crippen molar-refractivity contribution < 1.29 is 27.7 Å². The van der Waals surface area contributed by atoms with Gasteiger partial charge in [-0.05, 0) is 44.2 Å². The van der Waals surface area contributed by atoms with Crippen molar-refractivity contribution in [2.45, 2.75) is 38.3 Å². The summed E-state index contributed by atoms with van der Waals surface area (Å²) in [7, 11) is 0. The van der Waals surface area contributed by atoms with Gasteiger partial charge in [-0.25, -0.2) is 4.79 Å². The molecule has 3 saturated heterocycles. The Hall–Kier alpha value is -3.05. The second kappa shape index (κ2) is 10.3. The normalized spacial score (nSPS) is 20.2. The molecule has 9 nitrogen and oxygen atoms in total. The highest BCUT2D eigenvalue weighted by Gasteiger charge is 2.36. The largest absolute Gasteiger partial charge is 0.416 e. The van der Waals surface area contributed by atoms with Crippen LogP contribution in [-0.4, -0.2) is 83.9 Å². The molecule has 0 atom stereocenters. The minimum Gasteiger partial charge on any atom is -0.366 e. The Labute approximate surface area is 201 Å². The Morgan fingerprint density at radius 3 is 2.00 bits per heavy atom. The van der Waals surface area contributed by atoms with Crippen LogP contribution in [0.25, 0.3) is 0 Å². The van der Waals surface area contributed by atoms with E-state index in [4.69, 9.17) is 0 Å². The summed E-state index contributed by atoms with van der Waals surface area (Å²) in [5.74, 6) is -0.235. The number of likely N-dealkylation sites (tertiary alicyclic amines) is 1. The summed E-state index contributed by atoms with van der Waals surface area (Å²) in [5, 5.41) is 11.4. The van der Waals surface area contributed by atoms with Crippen LogP contribution in [0.1, 0.15) is 37.7 Å². The number of nitrogens with zero attached hydrogens (tertiary/aromatic N) is 5. The van der Waals surface area contributed by atoms with Gasteiger partial charge in [0.25, 0.3) is 5.69 Å². The molecule has 3 aliphatic rings. The number of anilines is 1. The molecule has 12 heteroatoms. The van der Waals surface area contributed by atoms with E-state index in [9.17, 15) is 32.9 Å². The minimum absolute atomic E-state index is 0.0108. The number of piperidine rings is 2. The van der Waals surface area contributed by atoms with Crippen LogP contribution < -0.4 is 4.90 Å². The van der Waals surface area contributed by atoms with E-state index in [1.165, 1.54) is 0 Å². The van der Waals surface area contributed by atoms with Gasteiger partial charge in [0.2, 0.25) is 5.91 Å². The Kier molecular flexibility index (Phi) is 7.36. The van der Waals surface area contributed by atoms with E-state index in [1.54, 1.807) is 14.7 Å². The van der Waals surface area contributed by atoms with Crippen molar-refractivity contribution in [3.05, 3.63) is 33.9 Å². The topological polar surface area (TPSA) is 90.2 Å². The lowest BCUT2D eigenvalue weighted by Gasteiger charge is -2.40. The third kappa shape index (κ3) is 5.62. The van der Waals surface area contributed by atoms with Crippen molar-refractivity contribution in [3.8, 4) is 0 Å². The Bertz CT molecular complexity index is 951. The van der Waals surface area contributed by atoms with Crippen molar-refractivity contribution in [1.82, 2.24) is 14.7 Å². The van der Waals surface area contributed by atoms with Crippen LogP contribution in [0.4, 0.5) is 29.3 Å². The smallest absolute Gasteiger partial charge is 0.366 e. The van der Waals surface area contributed by atoms with E-state index in [-0.39, 0.29) is 23.5 Å². The first-order valence-corrected chi connectivity index (χ1v) is 12.1. The summed E-state index contributed by atoms with van der Waals surface area (Å²) >= 11 is 0. The monoisotopic (exact) mass is 497 g/mol. The first-order chi connectivity index (χ1) is 16.6. The predicted octanol–water partition coefficient (Wildman–Crippen LogP) is 3.58. The lowest BCUT2D eigenvalue weighted by Crippen LogP contribution is -2.56. The molecule has 4 rings (SSSR count). The van der Waals surface area contributed by atoms with Crippen LogP contribution in [0.5, 0.6) is 0 Å². The molecule has 0 N–H and O–H groups in total.